The predicted octanol–water partition coefficient (Wildman–Crippen LogP) is 1.74. The van der Waals surface area contributed by atoms with Crippen LogP contribution >= 0.6 is 0 Å². The van der Waals surface area contributed by atoms with E-state index in [1.807, 2.05) is 25.4 Å². The number of aromatic amines is 1. The van der Waals surface area contributed by atoms with Crippen LogP contribution < -0.4 is 5.32 Å². The van der Waals surface area contributed by atoms with Crippen molar-refractivity contribution < 1.29 is 0 Å². The summed E-state index contributed by atoms with van der Waals surface area (Å²) in [6.45, 7) is 0.783. The van der Waals surface area contributed by atoms with Gasteiger partial charge in [-0.1, -0.05) is 0 Å². The fraction of sp³-hybridized carbons (Fsp3) is 0.154. The number of rotatable bonds is 3. The molecule has 18 heavy (non-hydrogen) atoms. The third-order valence-corrected chi connectivity index (χ3v) is 2.87. The summed E-state index contributed by atoms with van der Waals surface area (Å²) in [6, 6.07) is 3.91. The van der Waals surface area contributed by atoms with Gasteiger partial charge >= 0.3 is 0 Å². The second-order valence-corrected chi connectivity index (χ2v) is 4.03. The van der Waals surface area contributed by atoms with Crippen LogP contribution in [0.15, 0.2) is 37.1 Å². The lowest BCUT2D eigenvalue weighted by Gasteiger charge is -2.04. The minimum absolute atomic E-state index is 0.783. The minimum Gasteiger partial charge on any atom is -0.346 e. The van der Waals surface area contributed by atoms with Crippen LogP contribution in [0, 0.1) is 0 Å². The van der Waals surface area contributed by atoms with Crippen molar-refractivity contribution in [2.75, 3.05) is 7.05 Å². The molecule has 0 aliphatic heterocycles. The van der Waals surface area contributed by atoms with Gasteiger partial charge in [-0.2, -0.15) is 0 Å². The number of hydrogen-bond donors (Lipinski definition) is 2. The topological polar surface area (TPSA) is 66.5 Å². The number of hydrogen-bond acceptors (Lipinski definition) is 4. The maximum atomic E-state index is 4.41. The van der Waals surface area contributed by atoms with Crippen LogP contribution in [0.3, 0.4) is 0 Å². The highest BCUT2D eigenvalue weighted by atomic mass is 14.9. The normalized spacial score (nSPS) is 10.9. The van der Waals surface area contributed by atoms with Crippen LogP contribution in [0.2, 0.25) is 0 Å². The quantitative estimate of drug-likeness (QED) is 0.730. The van der Waals surface area contributed by atoms with Gasteiger partial charge in [0.2, 0.25) is 0 Å². The number of pyridine rings is 1. The molecule has 0 bridgehead atoms. The fourth-order valence-corrected chi connectivity index (χ4v) is 2.09. The SMILES string of the molecule is CNCc1c[nH]c2ncnc(-c3ccncc3)c12. The molecule has 0 unspecified atom stereocenters. The maximum Gasteiger partial charge on any atom is 0.141 e. The molecule has 3 aromatic rings. The summed E-state index contributed by atoms with van der Waals surface area (Å²) in [4.78, 5) is 15.9. The minimum atomic E-state index is 0.783. The molecule has 0 saturated heterocycles. The molecule has 0 aliphatic rings. The first-order chi connectivity index (χ1) is 8.90. The van der Waals surface area contributed by atoms with E-state index in [1.165, 1.54) is 5.56 Å². The Labute approximate surface area is 104 Å². The highest BCUT2D eigenvalue weighted by Crippen LogP contribution is 2.27. The lowest BCUT2D eigenvalue weighted by atomic mass is 10.1. The molecule has 3 heterocycles. The average Bonchev–Trinajstić information content (AvgIpc) is 2.84. The van der Waals surface area contributed by atoms with Gasteiger partial charge < -0.3 is 10.3 Å². The van der Waals surface area contributed by atoms with Crippen LogP contribution in [0.25, 0.3) is 22.3 Å². The van der Waals surface area contributed by atoms with Crippen molar-refractivity contribution in [2.24, 2.45) is 0 Å². The van der Waals surface area contributed by atoms with E-state index in [-0.39, 0.29) is 0 Å². The Kier molecular flexibility index (Phi) is 2.74. The summed E-state index contributed by atoms with van der Waals surface area (Å²) >= 11 is 0. The molecule has 0 saturated carbocycles. The molecule has 0 aliphatic carbocycles. The average molecular weight is 239 g/mol. The van der Waals surface area contributed by atoms with E-state index in [2.05, 4.69) is 25.3 Å². The standard InChI is InChI=1S/C13H13N5/c1-14-6-10-7-16-13-11(10)12(17-8-18-13)9-2-4-15-5-3-9/h2-5,7-8,14H,6H2,1H3,(H,16,17,18). The second kappa shape index (κ2) is 4.54. The van der Waals surface area contributed by atoms with Gasteiger partial charge in [0, 0.05) is 36.1 Å². The monoisotopic (exact) mass is 239 g/mol. The van der Waals surface area contributed by atoms with Gasteiger partial charge in [0.25, 0.3) is 0 Å². The summed E-state index contributed by atoms with van der Waals surface area (Å²) < 4.78 is 0. The van der Waals surface area contributed by atoms with E-state index in [0.717, 1.165) is 28.8 Å². The predicted molar refractivity (Wildman–Crippen MR) is 69.9 cm³/mol. The highest BCUT2D eigenvalue weighted by molar-refractivity contribution is 5.93. The second-order valence-electron chi connectivity index (χ2n) is 4.03. The van der Waals surface area contributed by atoms with Crippen molar-refractivity contribution in [2.45, 2.75) is 6.54 Å². The van der Waals surface area contributed by atoms with Gasteiger partial charge in [0.15, 0.2) is 0 Å². The molecule has 0 atom stereocenters. The van der Waals surface area contributed by atoms with Crippen LogP contribution in [0.5, 0.6) is 0 Å². The van der Waals surface area contributed by atoms with Crippen molar-refractivity contribution >= 4 is 11.0 Å². The lowest BCUT2D eigenvalue weighted by Crippen LogP contribution is -2.04. The van der Waals surface area contributed by atoms with Gasteiger partial charge in [-0.25, -0.2) is 9.97 Å². The zero-order valence-corrected chi connectivity index (χ0v) is 10.0. The summed E-state index contributed by atoms with van der Waals surface area (Å²) in [5.41, 5.74) is 4.02. The maximum absolute atomic E-state index is 4.41. The molecule has 0 aromatic carbocycles. The summed E-state index contributed by atoms with van der Waals surface area (Å²) in [7, 11) is 1.93. The molecule has 0 fully saturated rings. The van der Waals surface area contributed by atoms with E-state index in [4.69, 9.17) is 0 Å². The van der Waals surface area contributed by atoms with Gasteiger partial charge in [0.1, 0.15) is 12.0 Å². The van der Waals surface area contributed by atoms with E-state index in [1.54, 1.807) is 18.7 Å². The summed E-state index contributed by atoms with van der Waals surface area (Å²) in [5, 5.41) is 4.22. The molecule has 5 heteroatoms. The largest absolute Gasteiger partial charge is 0.346 e. The number of nitrogens with zero attached hydrogens (tertiary/aromatic N) is 3. The van der Waals surface area contributed by atoms with Crippen molar-refractivity contribution in [3.05, 3.63) is 42.6 Å². The van der Waals surface area contributed by atoms with Crippen LogP contribution in [0.4, 0.5) is 0 Å². The van der Waals surface area contributed by atoms with Gasteiger partial charge in [0.05, 0.1) is 5.69 Å². The third kappa shape index (κ3) is 1.74. The lowest BCUT2D eigenvalue weighted by molar-refractivity contribution is 0.823. The molecule has 0 spiro atoms. The van der Waals surface area contributed by atoms with Crippen LogP contribution in [-0.4, -0.2) is 27.0 Å². The molecule has 0 radical (unpaired) electrons. The van der Waals surface area contributed by atoms with E-state index < -0.39 is 0 Å². The Bertz CT molecular complexity index is 659. The number of nitrogens with one attached hydrogen (secondary N) is 2. The summed E-state index contributed by atoms with van der Waals surface area (Å²) in [5.74, 6) is 0. The van der Waals surface area contributed by atoms with Gasteiger partial charge in [-0.3, -0.25) is 4.98 Å². The Morgan fingerprint density at radius 3 is 2.83 bits per heavy atom. The Hall–Kier alpha value is -2.27. The van der Waals surface area contributed by atoms with Crippen molar-refractivity contribution in [1.29, 1.82) is 0 Å². The van der Waals surface area contributed by atoms with Gasteiger partial charge in [-0.05, 0) is 24.7 Å². The van der Waals surface area contributed by atoms with E-state index in [9.17, 15) is 0 Å². The zero-order valence-electron chi connectivity index (χ0n) is 10.0. The van der Waals surface area contributed by atoms with Crippen molar-refractivity contribution in [3.8, 4) is 11.3 Å². The molecule has 5 nitrogen and oxygen atoms in total. The Morgan fingerprint density at radius 1 is 1.22 bits per heavy atom. The first-order valence-electron chi connectivity index (χ1n) is 5.76. The first kappa shape index (κ1) is 10.9. The van der Waals surface area contributed by atoms with Crippen molar-refractivity contribution in [3.63, 3.8) is 0 Å². The Morgan fingerprint density at radius 2 is 2.06 bits per heavy atom. The molecular weight excluding hydrogens is 226 g/mol. The molecule has 90 valence electrons. The van der Waals surface area contributed by atoms with E-state index in [0.29, 0.717) is 0 Å². The molecule has 2 N–H and O–H groups in total. The first-order valence-corrected chi connectivity index (χ1v) is 5.76. The third-order valence-electron chi connectivity index (χ3n) is 2.87. The van der Waals surface area contributed by atoms with Gasteiger partial charge in [-0.15, -0.1) is 0 Å². The zero-order chi connectivity index (χ0) is 12.4. The van der Waals surface area contributed by atoms with Crippen LogP contribution in [0.1, 0.15) is 5.56 Å². The fourth-order valence-electron chi connectivity index (χ4n) is 2.09. The number of aromatic nitrogens is 4. The Balaban J connectivity index is 2.25. The van der Waals surface area contributed by atoms with Crippen LogP contribution in [-0.2, 0) is 6.54 Å². The molecule has 0 amide bonds. The molecule has 3 aromatic heterocycles. The highest BCUT2D eigenvalue weighted by Gasteiger charge is 2.11. The molecular formula is C13H13N5. The number of fused-ring (bicyclic) bond motifs is 1. The molecule has 3 rings (SSSR count). The van der Waals surface area contributed by atoms with Crippen molar-refractivity contribution in [1.82, 2.24) is 25.3 Å². The summed E-state index contributed by atoms with van der Waals surface area (Å²) in [6.07, 6.45) is 7.10. The smallest absolute Gasteiger partial charge is 0.141 e. The number of H-pyrrole nitrogens is 1. The van der Waals surface area contributed by atoms with E-state index >= 15 is 0 Å².